The highest BCUT2D eigenvalue weighted by atomic mass is 16.7. The Hall–Kier alpha value is -0.980. The average molecular weight is 306 g/mol. The van der Waals surface area contributed by atoms with Gasteiger partial charge in [-0.05, 0) is 24.5 Å². The Kier molecular flexibility index (Phi) is 3.71. The number of benzene rings is 1. The molecule has 22 heavy (non-hydrogen) atoms. The van der Waals surface area contributed by atoms with Crippen LogP contribution in [-0.4, -0.2) is 37.3 Å². The van der Waals surface area contributed by atoms with Crippen molar-refractivity contribution < 1.29 is 24.1 Å². The summed E-state index contributed by atoms with van der Waals surface area (Å²) in [5, 5.41) is 11.1. The lowest BCUT2D eigenvalue weighted by molar-refractivity contribution is -0.204. The summed E-state index contributed by atoms with van der Waals surface area (Å²) in [5.41, 5.74) is 1.07. The van der Waals surface area contributed by atoms with Crippen LogP contribution in [-0.2, 0) is 24.5 Å². The standard InChI is InChI=1S/C17H22O5/c18-16(4-6-17(7-5-16)21-10-11-22-17)14-3-1-2-13(12-14)15-19-8-9-20-15/h1-3,12,15,18H,4-11H2. The first-order chi connectivity index (χ1) is 10.7. The largest absolute Gasteiger partial charge is 0.385 e. The Bertz CT molecular complexity index is 522. The summed E-state index contributed by atoms with van der Waals surface area (Å²) in [6.07, 6.45) is 2.43. The van der Waals surface area contributed by atoms with E-state index in [1.165, 1.54) is 0 Å². The molecule has 2 saturated heterocycles. The van der Waals surface area contributed by atoms with Gasteiger partial charge in [0.1, 0.15) is 0 Å². The fourth-order valence-corrected chi connectivity index (χ4v) is 3.64. The Balaban J connectivity index is 1.52. The van der Waals surface area contributed by atoms with Gasteiger partial charge in [0.05, 0.1) is 32.0 Å². The molecule has 2 heterocycles. The number of rotatable bonds is 2. The van der Waals surface area contributed by atoms with Gasteiger partial charge in [-0.15, -0.1) is 0 Å². The van der Waals surface area contributed by atoms with Crippen LogP contribution in [0.3, 0.4) is 0 Å². The third-order valence-electron chi connectivity index (χ3n) is 4.97. The van der Waals surface area contributed by atoms with E-state index in [1.54, 1.807) is 0 Å². The highest BCUT2D eigenvalue weighted by Crippen LogP contribution is 2.45. The van der Waals surface area contributed by atoms with Crippen molar-refractivity contribution in [2.24, 2.45) is 0 Å². The van der Waals surface area contributed by atoms with Gasteiger partial charge in [0.25, 0.3) is 0 Å². The summed E-state index contributed by atoms with van der Waals surface area (Å²) in [7, 11) is 0. The van der Waals surface area contributed by atoms with E-state index in [0.717, 1.165) is 24.0 Å². The van der Waals surface area contributed by atoms with Gasteiger partial charge in [0.2, 0.25) is 0 Å². The van der Waals surface area contributed by atoms with Crippen LogP contribution in [0.25, 0.3) is 0 Å². The molecule has 0 bridgehead atoms. The molecule has 1 aromatic carbocycles. The highest BCUT2D eigenvalue weighted by molar-refractivity contribution is 5.30. The van der Waals surface area contributed by atoms with Crippen molar-refractivity contribution in [3.63, 3.8) is 0 Å². The molecule has 3 aliphatic rings. The first-order valence-electron chi connectivity index (χ1n) is 8.03. The predicted octanol–water partition coefficient (Wildman–Crippen LogP) is 2.24. The molecule has 3 fully saturated rings. The third kappa shape index (κ3) is 2.57. The summed E-state index contributed by atoms with van der Waals surface area (Å²) in [6, 6.07) is 7.92. The molecule has 0 unspecified atom stereocenters. The van der Waals surface area contributed by atoms with Crippen molar-refractivity contribution in [3.05, 3.63) is 35.4 Å². The fraction of sp³-hybridized carbons (Fsp3) is 0.647. The Morgan fingerprint density at radius 1 is 0.909 bits per heavy atom. The lowest BCUT2D eigenvalue weighted by Gasteiger charge is -2.41. The van der Waals surface area contributed by atoms with Gasteiger partial charge in [-0.1, -0.05) is 18.2 Å². The molecular formula is C17H22O5. The molecule has 1 aliphatic carbocycles. The Morgan fingerprint density at radius 3 is 2.27 bits per heavy atom. The van der Waals surface area contributed by atoms with Crippen LogP contribution < -0.4 is 0 Å². The number of hydrogen-bond acceptors (Lipinski definition) is 5. The number of ether oxygens (including phenoxy) is 4. The summed E-state index contributed by atoms with van der Waals surface area (Å²) in [6.45, 7) is 2.56. The maximum Gasteiger partial charge on any atom is 0.184 e. The molecule has 1 N–H and O–H groups in total. The molecule has 2 aliphatic heterocycles. The van der Waals surface area contributed by atoms with E-state index < -0.39 is 11.4 Å². The van der Waals surface area contributed by atoms with Crippen molar-refractivity contribution in [3.8, 4) is 0 Å². The van der Waals surface area contributed by atoms with Gasteiger partial charge in [0, 0.05) is 18.4 Å². The number of aliphatic hydroxyl groups is 1. The van der Waals surface area contributed by atoms with E-state index >= 15 is 0 Å². The molecule has 120 valence electrons. The van der Waals surface area contributed by atoms with Crippen LogP contribution in [0.5, 0.6) is 0 Å². The fourth-order valence-electron chi connectivity index (χ4n) is 3.64. The molecule has 4 rings (SSSR count). The minimum atomic E-state index is -0.824. The molecule has 1 saturated carbocycles. The van der Waals surface area contributed by atoms with Gasteiger partial charge in [-0.25, -0.2) is 0 Å². The zero-order valence-electron chi connectivity index (χ0n) is 12.6. The van der Waals surface area contributed by atoms with Gasteiger partial charge in [-0.3, -0.25) is 0 Å². The monoisotopic (exact) mass is 306 g/mol. The van der Waals surface area contributed by atoms with E-state index in [9.17, 15) is 5.11 Å². The van der Waals surface area contributed by atoms with Crippen molar-refractivity contribution in [2.75, 3.05) is 26.4 Å². The maximum atomic E-state index is 11.1. The molecule has 1 aromatic rings. The second-order valence-corrected chi connectivity index (χ2v) is 6.34. The predicted molar refractivity (Wildman–Crippen MR) is 78.1 cm³/mol. The van der Waals surface area contributed by atoms with Gasteiger partial charge < -0.3 is 24.1 Å². The van der Waals surface area contributed by atoms with Crippen molar-refractivity contribution in [1.29, 1.82) is 0 Å². The van der Waals surface area contributed by atoms with Gasteiger partial charge >= 0.3 is 0 Å². The van der Waals surface area contributed by atoms with Crippen LogP contribution in [0.1, 0.15) is 43.1 Å². The quantitative estimate of drug-likeness (QED) is 0.908. The lowest BCUT2D eigenvalue weighted by Crippen LogP contribution is -2.42. The molecule has 5 heteroatoms. The molecule has 0 aromatic heterocycles. The normalized spacial score (nSPS) is 27.5. The second-order valence-electron chi connectivity index (χ2n) is 6.34. The van der Waals surface area contributed by atoms with Crippen LogP contribution in [0.4, 0.5) is 0 Å². The minimum absolute atomic E-state index is 0.306. The molecular weight excluding hydrogens is 284 g/mol. The SMILES string of the molecule is OC1(c2cccc(C3OCCO3)c2)CCC2(CC1)OCCO2. The molecule has 0 amide bonds. The highest BCUT2D eigenvalue weighted by Gasteiger charge is 2.46. The minimum Gasteiger partial charge on any atom is -0.385 e. The van der Waals surface area contributed by atoms with Crippen molar-refractivity contribution in [1.82, 2.24) is 0 Å². The topological polar surface area (TPSA) is 57.2 Å². The smallest absolute Gasteiger partial charge is 0.184 e. The zero-order valence-corrected chi connectivity index (χ0v) is 12.6. The van der Waals surface area contributed by atoms with Crippen molar-refractivity contribution >= 4 is 0 Å². The summed E-state index contributed by atoms with van der Waals surface area (Å²) in [5.74, 6) is -0.457. The first kappa shape index (κ1) is 14.6. The van der Waals surface area contributed by atoms with Gasteiger partial charge in [0.15, 0.2) is 12.1 Å². The third-order valence-corrected chi connectivity index (χ3v) is 4.97. The average Bonchev–Trinajstić information content (AvgIpc) is 3.23. The Labute approximate surface area is 130 Å². The summed E-state index contributed by atoms with van der Waals surface area (Å²) in [4.78, 5) is 0. The zero-order chi connectivity index (χ0) is 15.0. The molecule has 0 radical (unpaired) electrons. The van der Waals surface area contributed by atoms with E-state index in [-0.39, 0.29) is 6.29 Å². The van der Waals surface area contributed by atoms with Crippen LogP contribution in [0.15, 0.2) is 24.3 Å². The Morgan fingerprint density at radius 2 is 1.59 bits per heavy atom. The summed E-state index contributed by atoms with van der Waals surface area (Å²) >= 11 is 0. The maximum absolute atomic E-state index is 11.1. The van der Waals surface area contributed by atoms with E-state index in [0.29, 0.717) is 39.3 Å². The molecule has 0 atom stereocenters. The van der Waals surface area contributed by atoms with Crippen LogP contribution in [0, 0.1) is 0 Å². The first-order valence-corrected chi connectivity index (χ1v) is 8.03. The van der Waals surface area contributed by atoms with Crippen molar-refractivity contribution in [2.45, 2.75) is 43.4 Å². The van der Waals surface area contributed by atoms with E-state index in [2.05, 4.69) is 0 Å². The molecule has 1 spiro atoms. The van der Waals surface area contributed by atoms with E-state index in [1.807, 2.05) is 24.3 Å². The van der Waals surface area contributed by atoms with Gasteiger partial charge in [-0.2, -0.15) is 0 Å². The van der Waals surface area contributed by atoms with Crippen LogP contribution >= 0.6 is 0 Å². The number of hydrogen-bond donors (Lipinski definition) is 1. The second kappa shape index (κ2) is 5.58. The lowest BCUT2D eigenvalue weighted by atomic mass is 9.77. The summed E-state index contributed by atoms with van der Waals surface area (Å²) < 4.78 is 22.6. The molecule has 5 nitrogen and oxygen atoms in total. The van der Waals surface area contributed by atoms with E-state index in [4.69, 9.17) is 18.9 Å². The van der Waals surface area contributed by atoms with Crippen LogP contribution in [0.2, 0.25) is 0 Å².